The fraction of sp³-hybridized carbons (Fsp3) is 0.750. The summed E-state index contributed by atoms with van der Waals surface area (Å²) >= 11 is 0. The molecule has 0 radical (unpaired) electrons. The summed E-state index contributed by atoms with van der Waals surface area (Å²) in [4.78, 5) is 4.99. The van der Waals surface area contributed by atoms with Gasteiger partial charge in [-0.15, -0.1) is 0 Å². The van der Waals surface area contributed by atoms with Crippen LogP contribution in [0.3, 0.4) is 0 Å². The highest BCUT2D eigenvalue weighted by molar-refractivity contribution is 5.00. The molecule has 0 aromatic carbocycles. The van der Waals surface area contributed by atoms with Crippen molar-refractivity contribution in [3.8, 4) is 0 Å². The number of ether oxygens (including phenoxy) is 1. The van der Waals surface area contributed by atoms with E-state index in [0.29, 0.717) is 0 Å². The first-order chi connectivity index (χ1) is 5.75. The van der Waals surface area contributed by atoms with Crippen molar-refractivity contribution in [3.63, 3.8) is 0 Å². The molecule has 4 heteroatoms. The van der Waals surface area contributed by atoms with Crippen molar-refractivity contribution < 1.29 is 9.57 Å². The zero-order valence-corrected chi connectivity index (χ0v) is 7.67. The molecule has 0 amide bonds. The van der Waals surface area contributed by atoms with Gasteiger partial charge in [0.15, 0.2) is 0 Å². The van der Waals surface area contributed by atoms with Gasteiger partial charge in [0.05, 0.1) is 19.4 Å². The highest BCUT2D eigenvalue weighted by Crippen LogP contribution is 2.09. The average Bonchev–Trinajstić information content (AvgIpc) is 2.17. The Morgan fingerprint density at radius 1 is 1.75 bits per heavy atom. The third-order valence-corrected chi connectivity index (χ3v) is 1.98. The molecule has 1 fully saturated rings. The van der Waals surface area contributed by atoms with Crippen LogP contribution in [-0.2, 0) is 9.57 Å². The van der Waals surface area contributed by atoms with Gasteiger partial charge in [0.1, 0.15) is 6.10 Å². The molecular formula is C8H16N2O2. The molecule has 1 rings (SSSR count). The van der Waals surface area contributed by atoms with Gasteiger partial charge in [0, 0.05) is 20.1 Å². The second kappa shape index (κ2) is 4.45. The van der Waals surface area contributed by atoms with Crippen LogP contribution < -0.4 is 5.32 Å². The summed E-state index contributed by atoms with van der Waals surface area (Å²) in [5.41, 5.74) is 0.852. The van der Waals surface area contributed by atoms with Gasteiger partial charge in [-0.2, -0.15) is 0 Å². The van der Waals surface area contributed by atoms with Gasteiger partial charge in [-0.25, -0.2) is 0 Å². The number of hydrogen-bond acceptors (Lipinski definition) is 4. The summed E-state index contributed by atoms with van der Waals surface area (Å²) < 4.78 is 5.48. The molecule has 0 spiro atoms. The molecule has 70 valence electrons. The summed E-state index contributed by atoms with van der Waals surface area (Å²) in [5, 5.41) is 4.85. The normalized spacial score (nSPS) is 23.7. The minimum absolute atomic E-state index is 0.0451. The summed E-state index contributed by atoms with van der Waals surface area (Å²) in [5.74, 6) is 0. The molecule has 1 heterocycles. The van der Waals surface area contributed by atoms with E-state index in [9.17, 15) is 0 Å². The lowest BCUT2D eigenvalue weighted by Crippen LogP contribution is -2.42. The molecule has 1 aliphatic heterocycles. The van der Waals surface area contributed by atoms with E-state index in [1.807, 2.05) is 7.05 Å². The van der Waals surface area contributed by atoms with Crippen LogP contribution in [-0.4, -0.2) is 45.0 Å². The van der Waals surface area contributed by atoms with Crippen molar-refractivity contribution >= 4 is 0 Å². The lowest BCUT2D eigenvalue weighted by molar-refractivity contribution is -0.102. The van der Waals surface area contributed by atoms with Crippen molar-refractivity contribution in [2.45, 2.75) is 6.10 Å². The topological polar surface area (TPSA) is 33.7 Å². The monoisotopic (exact) mass is 172 g/mol. The first-order valence-electron chi connectivity index (χ1n) is 4.04. The minimum Gasteiger partial charge on any atom is -0.369 e. The van der Waals surface area contributed by atoms with E-state index in [4.69, 9.17) is 9.57 Å². The maximum Gasteiger partial charge on any atom is 0.111 e. The molecule has 0 aliphatic carbocycles. The van der Waals surface area contributed by atoms with Gasteiger partial charge in [-0.1, -0.05) is 6.58 Å². The number of likely N-dealkylation sites (N-methyl/N-ethyl adjacent to an activating group) is 1. The summed E-state index contributed by atoms with van der Waals surface area (Å²) in [7, 11) is 3.43. The van der Waals surface area contributed by atoms with Crippen LogP contribution in [0.25, 0.3) is 0 Å². The van der Waals surface area contributed by atoms with E-state index < -0.39 is 0 Å². The van der Waals surface area contributed by atoms with Gasteiger partial charge in [-0.3, -0.25) is 9.90 Å². The first-order valence-corrected chi connectivity index (χ1v) is 4.04. The Labute approximate surface area is 73.1 Å². The van der Waals surface area contributed by atoms with Gasteiger partial charge < -0.3 is 10.1 Å². The number of hydrogen-bond donors (Lipinski definition) is 1. The fourth-order valence-electron chi connectivity index (χ4n) is 1.10. The predicted molar refractivity (Wildman–Crippen MR) is 46.5 cm³/mol. The van der Waals surface area contributed by atoms with Crippen LogP contribution in [0.2, 0.25) is 0 Å². The molecule has 0 aromatic heterocycles. The van der Waals surface area contributed by atoms with E-state index in [1.54, 1.807) is 12.2 Å². The molecule has 12 heavy (non-hydrogen) atoms. The van der Waals surface area contributed by atoms with Crippen LogP contribution >= 0.6 is 0 Å². The quantitative estimate of drug-likeness (QED) is 0.607. The van der Waals surface area contributed by atoms with E-state index in [-0.39, 0.29) is 6.10 Å². The van der Waals surface area contributed by atoms with E-state index in [1.165, 1.54) is 0 Å². The highest BCUT2D eigenvalue weighted by Gasteiger charge is 2.19. The highest BCUT2D eigenvalue weighted by atomic mass is 16.7. The zero-order valence-electron chi connectivity index (χ0n) is 7.67. The van der Waals surface area contributed by atoms with Crippen molar-refractivity contribution in [2.24, 2.45) is 0 Å². The molecule has 0 bridgehead atoms. The Morgan fingerprint density at radius 2 is 2.50 bits per heavy atom. The third-order valence-electron chi connectivity index (χ3n) is 1.98. The smallest absolute Gasteiger partial charge is 0.111 e. The van der Waals surface area contributed by atoms with E-state index in [0.717, 1.165) is 25.4 Å². The van der Waals surface area contributed by atoms with Crippen LogP contribution in [0.5, 0.6) is 0 Å². The largest absolute Gasteiger partial charge is 0.369 e. The third kappa shape index (κ3) is 2.20. The number of morpholine rings is 1. The number of rotatable bonds is 3. The zero-order chi connectivity index (χ0) is 8.97. The summed E-state index contributed by atoms with van der Waals surface area (Å²) in [6.45, 7) is 6.35. The van der Waals surface area contributed by atoms with E-state index >= 15 is 0 Å². The Kier molecular flexibility index (Phi) is 3.52. The second-order valence-corrected chi connectivity index (χ2v) is 2.73. The minimum atomic E-state index is 0.0451. The summed E-state index contributed by atoms with van der Waals surface area (Å²) in [6.07, 6.45) is 0.0451. The molecule has 4 nitrogen and oxygen atoms in total. The number of nitrogens with one attached hydrogen (secondary N) is 1. The maximum absolute atomic E-state index is 5.48. The van der Waals surface area contributed by atoms with Crippen molar-refractivity contribution in [1.29, 1.82) is 0 Å². The standard InChI is InChI=1S/C8H16N2O2/c1-7(10(2)11-3)8-6-9-4-5-12-8/h8-9H,1,4-6H2,2-3H3. The Hall–Kier alpha value is -0.580. The van der Waals surface area contributed by atoms with Crippen molar-refractivity contribution in [2.75, 3.05) is 33.9 Å². The molecule has 1 N–H and O–H groups in total. The molecule has 1 saturated heterocycles. The van der Waals surface area contributed by atoms with Crippen LogP contribution in [0.1, 0.15) is 0 Å². The van der Waals surface area contributed by atoms with Crippen molar-refractivity contribution in [3.05, 3.63) is 12.3 Å². The van der Waals surface area contributed by atoms with Gasteiger partial charge in [0.25, 0.3) is 0 Å². The predicted octanol–water partition coefficient (Wildman–Crippen LogP) is -0.0183. The average molecular weight is 172 g/mol. The van der Waals surface area contributed by atoms with Crippen LogP contribution in [0.4, 0.5) is 0 Å². The Bertz CT molecular complexity index is 155. The first kappa shape index (κ1) is 9.51. The maximum atomic E-state index is 5.48. The van der Waals surface area contributed by atoms with Crippen LogP contribution in [0, 0.1) is 0 Å². The second-order valence-electron chi connectivity index (χ2n) is 2.73. The Balaban J connectivity index is 2.39. The molecule has 0 saturated carbocycles. The van der Waals surface area contributed by atoms with Gasteiger partial charge in [0.2, 0.25) is 0 Å². The molecular weight excluding hydrogens is 156 g/mol. The molecule has 1 unspecified atom stereocenters. The molecule has 1 atom stereocenters. The van der Waals surface area contributed by atoms with Gasteiger partial charge >= 0.3 is 0 Å². The SMILES string of the molecule is C=C(C1CNCCO1)N(C)OC. The van der Waals surface area contributed by atoms with Crippen molar-refractivity contribution in [1.82, 2.24) is 10.4 Å². The fourth-order valence-corrected chi connectivity index (χ4v) is 1.10. The molecule has 0 aromatic rings. The van der Waals surface area contributed by atoms with Crippen LogP contribution in [0.15, 0.2) is 12.3 Å². The van der Waals surface area contributed by atoms with E-state index in [2.05, 4.69) is 11.9 Å². The summed E-state index contributed by atoms with van der Waals surface area (Å²) in [6, 6.07) is 0. The van der Waals surface area contributed by atoms with Gasteiger partial charge in [-0.05, 0) is 0 Å². The number of nitrogens with zero attached hydrogens (tertiary/aromatic N) is 1. The Morgan fingerprint density at radius 3 is 3.00 bits per heavy atom. The lowest BCUT2D eigenvalue weighted by Gasteiger charge is -2.29. The molecule has 1 aliphatic rings. The number of hydroxylamine groups is 2. The lowest BCUT2D eigenvalue weighted by atomic mass is 10.2.